The second-order valence-corrected chi connectivity index (χ2v) is 7.26. The van der Waals surface area contributed by atoms with Crippen molar-refractivity contribution in [1.82, 2.24) is 10.9 Å². The lowest BCUT2D eigenvalue weighted by Crippen LogP contribution is -2.48. The summed E-state index contributed by atoms with van der Waals surface area (Å²) < 4.78 is -0.805. The van der Waals surface area contributed by atoms with E-state index in [2.05, 4.69) is 10.9 Å². The molecule has 9 heteroatoms. The molecule has 0 spiro atoms. The van der Waals surface area contributed by atoms with E-state index in [9.17, 15) is 14.4 Å². The van der Waals surface area contributed by atoms with E-state index >= 15 is 0 Å². The average molecular weight is 331 g/mol. The summed E-state index contributed by atoms with van der Waals surface area (Å²) in [7, 11) is 0. The van der Waals surface area contributed by atoms with Crippen LogP contribution in [0.1, 0.15) is 23.5 Å². The van der Waals surface area contributed by atoms with Crippen LogP contribution in [0.5, 0.6) is 0 Å². The molecule has 0 aromatic carbocycles. The fourth-order valence-corrected chi connectivity index (χ4v) is 2.75. The van der Waals surface area contributed by atoms with Gasteiger partial charge in [0, 0.05) is 4.75 Å². The molecule has 1 rings (SSSR count). The number of hydrogen-bond acceptors (Lipinski definition) is 6. The van der Waals surface area contributed by atoms with Crippen LogP contribution in [0.3, 0.4) is 0 Å². The molecule has 1 aromatic heterocycles. The largest absolute Gasteiger partial charge is 0.480 e. The first-order chi connectivity index (χ1) is 9.74. The van der Waals surface area contributed by atoms with Crippen LogP contribution < -0.4 is 16.6 Å². The number of carboxylic acid groups (broad SMARTS) is 1. The molecule has 21 heavy (non-hydrogen) atoms. The van der Waals surface area contributed by atoms with Gasteiger partial charge in [0.15, 0.2) is 0 Å². The molecule has 0 aliphatic carbocycles. The molecule has 0 radical (unpaired) electrons. The normalized spacial score (nSPS) is 12.5. The molecule has 116 valence electrons. The van der Waals surface area contributed by atoms with Gasteiger partial charge in [0.2, 0.25) is 5.91 Å². The number of carbonyl (C=O) groups is 3. The highest BCUT2D eigenvalue weighted by Crippen LogP contribution is 2.27. The van der Waals surface area contributed by atoms with Crippen molar-refractivity contribution in [3.8, 4) is 0 Å². The number of carbonyl (C=O) groups excluding carboxylic acids is 2. The predicted molar refractivity (Wildman–Crippen MR) is 82.1 cm³/mol. The van der Waals surface area contributed by atoms with Crippen molar-refractivity contribution >= 4 is 40.9 Å². The minimum absolute atomic E-state index is 0.0152. The SMILES string of the molecule is CC(C)(SCC(=O)NNC(=O)c1cccs1)[C@H](N)C(=O)O. The lowest BCUT2D eigenvalue weighted by molar-refractivity contribution is -0.139. The van der Waals surface area contributed by atoms with Crippen molar-refractivity contribution < 1.29 is 19.5 Å². The Morgan fingerprint density at radius 2 is 2.10 bits per heavy atom. The van der Waals surface area contributed by atoms with Gasteiger partial charge in [-0.3, -0.25) is 25.2 Å². The molecule has 0 fully saturated rings. The van der Waals surface area contributed by atoms with Gasteiger partial charge in [-0.25, -0.2) is 0 Å². The summed E-state index contributed by atoms with van der Waals surface area (Å²) >= 11 is 2.36. The Morgan fingerprint density at radius 3 is 2.62 bits per heavy atom. The third kappa shape index (κ3) is 5.37. The first-order valence-corrected chi connectivity index (χ1v) is 7.85. The average Bonchev–Trinajstić information content (AvgIpc) is 2.95. The van der Waals surface area contributed by atoms with E-state index in [4.69, 9.17) is 10.8 Å². The summed E-state index contributed by atoms with van der Waals surface area (Å²) in [4.78, 5) is 34.5. The number of thioether (sulfide) groups is 1. The Kier molecular flexibility index (Phi) is 6.19. The van der Waals surface area contributed by atoms with Crippen LogP contribution in [0.15, 0.2) is 17.5 Å². The molecule has 1 atom stereocenters. The fraction of sp³-hybridized carbons (Fsp3) is 0.417. The van der Waals surface area contributed by atoms with E-state index < -0.39 is 28.6 Å². The van der Waals surface area contributed by atoms with E-state index in [0.717, 1.165) is 11.8 Å². The van der Waals surface area contributed by atoms with Crippen molar-refractivity contribution in [3.05, 3.63) is 22.4 Å². The smallest absolute Gasteiger partial charge is 0.321 e. The van der Waals surface area contributed by atoms with Gasteiger partial charge in [-0.15, -0.1) is 23.1 Å². The maximum absolute atomic E-state index is 11.6. The molecule has 1 aromatic rings. The predicted octanol–water partition coefficient (Wildman–Crippen LogP) is 0.433. The zero-order valence-electron chi connectivity index (χ0n) is 11.6. The molecule has 2 amide bonds. The van der Waals surface area contributed by atoms with E-state index in [0.29, 0.717) is 4.88 Å². The molecular weight excluding hydrogens is 314 g/mol. The number of amides is 2. The number of carboxylic acids is 1. The fourth-order valence-electron chi connectivity index (χ4n) is 1.27. The van der Waals surface area contributed by atoms with Crippen LogP contribution in [-0.2, 0) is 9.59 Å². The van der Waals surface area contributed by atoms with E-state index in [1.54, 1.807) is 31.4 Å². The number of rotatable bonds is 6. The summed E-state index contributed by atoms with van der Waals surface area (Å²) in [6.07, 6.45) is 0. The highest BCUT2D eigenvalue weighted by molar-refractivity contribution is 8.01. The molecule has 0 aliphatic heterocycles. The summed E-state index contributed by atoms with van der Waals surface area (Å²) in [6, 6.07) is 2.28. The Bertz CT molecular complexity index is 517. The van der Waals surface area contributed by atoms with Crippen molar-refractivity contribution in [2.45, 2.75) is 24.6 Å². The van der Waals surface area contributed by atoms with Gasteiger partial charge in [-0.1, -0.05) is 6.07 Å². The van der Waals surface area contributed by atoms with Crippen molar-refractivity contribution in [1.29, 1.82) is 0 Å². The van der Waals surface area contributed by atoms with E-state index in [1.807, 2.05) is 0 Å². The van der Waals surface area contributed by atoms with Gasteiger partial charge in [-0.2, -0.15) is 0 Å². The molecule has 0 saturated carbocycles. The first kappa shape index (κ1) is 17.5. The van der Waals surface area contributed by atoms with Gasteiger partial charge < -0.3 is 10.8 Å². The lowest BCUT2D eigenvalue weighted by atomic mass is 10.1. The maximum atomic E-state index is 11.6. The van der Waals surface area contributed by atoms with Crippen LogP contribution in [0.25, 0.3) is 0 Å². The van der Waals surface area contributed by atoms with Gasteiger partial charge in [0.05, 0.1) is 10.6 Å². The zero-order valence-corrected chi connectivity index (χ0v) is 13.2. The van der Waals surface area contributed by atoms with Crippen molar-refractivity contribution in [2.24, 2.45) is 5.73 Å². The summed E-state index contributed by atoms with van der Waals surface area (Å²) in [5.41, 5.74) is 10.1. The molecule has 5 N–H and O–H groups in total. The zero-order chi connectivity index (χ0) is 16.0. The van der Waals surface area contributed by atoms with Crippen LogP contribution in [0.4, 0.5) is 0 Å². The van der Waals surface area contributed by atoms with Gasteiger partial charge in [0.1, 0.15) is 6.04 Å². The number of hydrogen-bond donors (Lipinski definition) is 4. The number of hydrazine groups is 1. The number of thiophene rings is 1. The van der Waals surface area contributed by atoms with Crippen LogP contribution >= 0.6 is 23.1 Å². The van der Waals surface area contributed by atoms with E-state index in [1.165, 1.54) is 11.3 Å². The monoisotopic (exact) mass is 331 g/mol. The van der Waals surface area contributed by atoms with E-state index in [-0.39, 0.29) is 5.75 Å². The third-order valence-corrected chi connectivity index (χ3v) is 4.92. The minimum Gasteiger partial charge on any atom is -0.480 e. The van der Waals surface area contributed by atoms with Gasteiger partial charge in [-0.05, 0) is 25.3 Å². The lowest BCUT2D eigenvalue weighted by Gasteiger charge is -2.27. The van der Waals surface area contributed by atoms with Gasteiger partial charge >= 0.3 is 5.97 Å². The Labute approximate surface area is 130 Å². The topological polar surface area (TPSA) is 122 Å². The Balaban J connectivity index is 2.37. The molecule has 0 unspecified atom stereocenters. The molecule has 0 saturated heterocycles. The molecule has 7 nitrogen and oxygen atoms in total. The Hall–Kier alpha value is -1.58. The highest BCUT2D eigenvalue weighted by Gasteiger charge is 2.33. The molecule has 0 aliphatic rings. The summed E-state index contributed by atoms with van der Waals surface area (Å²) in [6.45, 7) is 3.29. The molecule has 1 heterocycles. The number of nitrogens with one attached hydrogen (secondary N) is 2. The summed E-state index contributed by atoms with van der Waals surface area (Å²) in [5.74, 6) is -1.97. The number of aliphatic carboxylic acids is 1. The van der Waals surface area contributed by atoms with Crippen molar-refractivity contribution in [2.75, 3.05) is 5.75 Å². The maximum Gasteiger partial charge on any atom is 0.321 e. The van der Waals surface area contributed by atoms with Crippen LogP contribution in [0.2, 0.25) is 0 Å². The Morgan fingerprint density at radius 1 is 1.43 bits per heavy atom. The second kappa shape index (κ2) is 7.43. The summed E-state index contributed by atoms with van der Waals surface area (Å²) in [5, 5.41) is 10.6. The first-order valence-electron chi connectivity index (χ1n) is 5.99. The molecular formula is C12H17N3O4S2. The second-order valence-electron chi connectivity index (χ2n) is 4.69. The van der Waals surface area contributed by atoms with Crippen LogP contribution in [0, 0.1) is 0 Å². The third-order valence-electron chi connectivity index (χ3n) is 2.65. The highest BCUT2D eigenvalue weighted by atomic mass is 32.2. The van der Waals surface area contributed by atoms with Crippen molar-refractivity contribution in [3.63, 3.8) is 0 Å². The quantitative estimate of drug-likeness (QED) is 0.561. The van der Waals surface area contributed by atoms with Gasteiger partial charge in [0.25, 0.3) is 5.91 Å². The minimum atomic E-state index is -1.13. The standard InChI is InChI=1S/C12H17N3O4S2/c1-12(2,9(13)11(18)19)21-6-8(16)14-15-10(17)7-4-3-5-20-7/h3-5,9H,6,13H2,1-2H3,(H,14,16)(H,15,17)(H,18,19)/t9-/m1/s1. The molecule has 0 bridgehead atoms. The van der Waals surface area contributed by atoms with Crippen LogP contribution in [-0.4, -0.2) is 39.4 Å². The number of nitrogens with two attached hydrogens (primary N) is 1.